The van der Waals surface area contributed by atoms with Gasteiger partial charge in [-0.1, -0.05) is 0 Å². The van der Waals surface area contributed by atoms with Crippen LogP contribution >= 0.6 is 0 Å². The fraction of sp³-hybridized carbons (Fsp3) is 0.318. The number of carbonyl (C=O) groups is 1. The number of carboxylic acids is 1. The van der Waals surface area contributed by atoms with Crippen LogP contribution < -0.4 is 10.2 Å². The number of carboxylic acid groups (broad SMARTS) is 1. The van der Waals surface area contributed by atoms with Gasteiger partial charge in [0, 0.05) is 36.7 Å². The highest BCUT2D eigenvalue weighted by Crippen LogP contribution is 2.28. The van der Waals surface area contributed by atoms with Crippen molar-refractivity contribution in [2.45, 2.75) is 19.9 Å². The van der Waals surface area contributed by atoms with Gasteiger partial charge < -0.3 is 20.1 Å². The van der Waals surface area contributed by atoms with Gasteiger partial charge in [-0.05, 0) is 30.7 Å². The predicted octanol–water partition coefficient (Wildman–Crippen LogP) is 2.84. The summed E-state index contributed by atoms with van der Waals surface area (Å²) in [7, 11) is 0. The molecule has 164 valence electrons. The van der Waals surface area contributed by atoms with Crippen LogP contribution in [0.5, 0.6) is 0 Å². The molecule has 1 aliphatic rings. The number of hydrogen-bond acceptors (Lipinski definition) is 8. The molecule has 1 fully saturated rings. The summed E-state index contributed by atoms with van der Waals surface area (Å²) < 4.78 is 7.07. The molecular formula is C22H23N7O3. The van der Waals surface area contributed by atoms with Gasteiger partial charge in [0.25, 0.3) is 0 Å². The lowest BCUT2D eigenvalue weighted by atomic mass is 10.1. The van der Waals surface area contributed by atoms with Crippen LogP contribution in [0.1, 0.15) is 22.3 Å². The molecule has 0 bridgehead atoms. The van der Waals surface area contributed by atoms with Crippen molar-refractivity contribution in [1.29, 1.82) is 5.26 Å². The van der Waals surface area contributed by atoms with Crippen molar-refractivity contribution in [3.05, 3.63) is 47.9 Å². The Morgan fingerprint density at radius 1 is 1.31 bits per heavy atom. The fourth-order valence-corrected chi connectivity index (χ4v) is 3.56. The molecule has 10 heteroatoms. The first-order chi connectivity index (χ1) is 15.5. The van der Waals surface area contributed by atoms with Crippen LogP contribution in [0.25, 0.3) is 11.3 Å². The Kier molecular flexibility index (Phi) is 6.28. The minimum absolute atomic E-state index is 0.211. The van der Waals surface area contributed by atoms with E-state index in [4.69, 9.17) is 10.00 Å². The molecule has 2 aromatic heterocycles. The van der Waals surface area contributed by atoms with Crippen molar-refractivity contribution in [3.8, 4) is 17.3 Å². The lowest BCUT2D eigenvalue weighted by molar-refractivity contribution is 0.0696. The van der Waals surface area contributed by atoms with E-state index in [9.17, 15) is 9.90 Å². The summed E-state index contributed by atoms with van der Waals surface area (Å²) in [5.74, 6) is -0.642. The second-order valence-electron chi connectivity index (χ2n) is 7.39. The fourth-order valence-electron chi connectivity index (χ4n) is 3.56. The average Bonchev–Trinajstić information content (AvgIpc) is 3.28. The number of rotatable bonds is 7. The van der Waals surface area contributed by atoms with Crippen molar-refractivity contribution >= 4 is 23.3 Å². The Morgan fingerprint density at radius 3 is 2.88 bits per heavy atom. The Hall–Kier alpha value is -3.97. The third-order valence-electron chi connectivity index (χ3n) is 5.17. The zero-order chi connectivity index (χ0) is 22.5. The van der Waals surface area contributed by atoms with Gasteiger partial charge in [-0.25, -0.2) is 14.8 Å². The van der Waals surface area contributed by atoms with Crippen molar-refractivity contribution in [2.24, 2.45) is 0 Å². The number of hydrogen-bond donors (Lipinski definition) is 2. The third-order valence-corrected chi connectivity index (χ3v) is 5.17. The maximum absolute atomic E-state index is 11.9. The Morgan fingerprint density at radius 2 is 2.12 bits per heavy atom. The highest BCUT2D eigenvalue weighted by Gasteiger charge is 2.19. The van der Waals surface area contributed by atoms with Gasteiger partial charge >= 0.3 is 5.97 Å². The first-order valence-electron chi connectivity index (χ1n) is 10.3. The van der Waals surface area contributed by atoms with Crippen molar-refractivity contribution in [2.75, 3.05) is 36.5 Å². The molecule has 0 aliphatic carbocycles. The highest BCUT2D eigenvalue weighted by molar-refractivity contribution is 5.96. The molecular weight excluding hydrogens is 410 g/mol. The number of aryl methyl sites for hydroxylation is 2. The molecule has 0 unspecified atom stereocenters. The van der Waals surface area contributed by atoms with E-state index in [1.54, 1.807) is 29.2 Å². The van der Waals surface area contributed by atoms with Crippen LogP contribution in [-0.4, -0.2) is 57.1 Å². The Bertz CT molecular complexity index is 1160. The number of ether oxygens (including phenoxy) is 1. The standard InChI is InChI=1S/C22H23N7O3/c1-15-12-24-22(27-20(15)16-13-25-29(14-16)6-2-5-23)26-17-3-4-19(18(11-17)21(30)31)28-7-9-32-10-8-28/h3-4,11-14H,2,6-10H2,1H3,(H,30,31)(H,24,26,27). The Balaban J connectivity index is 1.58. The summed E-state index contributed by atoms with van der Waals surface area (Å²) in [5, 5.41) is 25.9. The average molecular weight is 433 g/mol. The first kappa shape index (κ1) is 21.3. The molecule has 0 saturated carbocycles. The second kappa shape index (κ2) is 9.45. The summed E-state index contributed by atoms with van der Waals surface area (Å²) in [4.78, 5) is 22.8. The van der Waals surface area contributed by atoms with Gasteiger partial charge in [-0.3, -0.25) is 4.68 Å². The molecule has 2 N–H and O–H groups in total. The second-order valence-corrected chi connectivity index (χ2v) is 7.39. The van der Waals surface area contributed by atoms with Crippen LogP contribution in [0.3, 0.4) is 0 Å². The van der Waals surface area contributed by atoms with E-state index in [-0.39, 0.29) is 5.56 Å². The Labute approximate surface area is 185 Å². The van der Waals surface area contributed by atoms with Gasteiger partial charge in [-0.15, -0.1) is 0 Å². The number of nitrogens with zero attached hydrogens (tertiary/aromatic N) is 6. The molecule has 0 radical (unpaired) electrons. The minimum atomic E-state index is -0.995. The number of aromatic nitrogens is 4. The minimum Gasteiger partial charge on any atom is -0.478 e. The van der Waals surface area contributed by atoms with E-state index >= 15 is 0 Å². The summed E-state index contributed by atoms with van der Waals surface area (Å²) in [5.41, 5.74) is 3.88. The van der Waals surface area contributed by atoms with E-state index in [0.717, 1.165) is 11.1 Å². The van der Waals surface area contributed by atoms with E-state index in [1.807, 2.05) is 24.1 Å². The molecule has 3 aromatic rings. The van der Waals surface area contributed by atoms with Crippen LogP contribution in [-0.2, 0) is 11.3 Å². The molecule has 1 aliphatic heterocycles. The van der Waals surface area contributed by atoms with Gasteiger partial charge in [0.2, 0.25) is 5.95 Å². The van der Waals surface area contributed by atoms with Crippen LogP contribution in [0.2, 0.25) is 0 Å². The lowest BCUT2D eigenvalue weighted by Crippen LogP contribution is -2.37. The SMILES string of the molecule is Cc1cnc(Nc2ccc(N3CCOCC3)c(C(=O)O)c2)nc1-c1cnn(CCC#N)c1. The molecule has 4 rings (SSSR count). The molecule has 10 nitrogen and oxygen atoms in total. The number of nitrogens with one attached hydrogen (secondary N) is 1. The highest BCUT2D eigenvalue weighted by atomic mass is 16.5. The molecule has 1 saturated heterocycles. The van der Waals surface area contributed by atoms with Gasteiger partial charge in [0.15, 0.2) is 0 Å². The predicted molar refractivity (Wildman–Crippen MR) is 118 cm³/mol. The molecule has 1 aromatic carbocycles. The molecule has 0 spiro atoms. The lowest BCUT2D eigenvalue weighted by Gasteiger charge is -2.30. The van der Waals surface area contributed by atoms with E-state index < -0.39 is 5.97 Å². The van der Waals surface area contributed by atoms with Gasteiger partial charge in [0.05, 0.1) is 55.4 Å². The van der Waals surface area contributed by atoms with Crippen molar-refractivity contribution < 1.29 is 14.6 Å². The zero-order valence-corrected chi connectivity index (χ0v) is 17.7. The molecule has 32 heavy (non-hydrogen) atoms. The topological polar surface area (TPSA) is 129 Å². The van der Waals surface area contributed by atoms with Crippen molar-refractivity contribution in [1.82, 2.24) is 19.7 Å². The molecule has 0 amide bonds. The van der Waals surface area contributed by atoms with E-state index in [1.165, 1.54) is 0 Å². The number of anilines is 3. The smallest absolute Gasteiger partial charge is 0.337 e. The number of nitriles is 1. The van der Waals surface area contributed by atoms with Crippen molar-refractivity contribution in [3.63, 3.8) is 0 Å². The third kappa shape index (κ3) is 4.68. The molecule has 3 heterocycles. The number of aromatic carboxylic acids is 1. The normalized spacial score (nSPS) is 13.6. The van der Waals surface area contributed by atoms with E-state index in [0.29, 0.717) is 62.3 Å². The zero-order valence-electron chi connectivity index (χ0n) is 17.7. The maximum atomic E-state index is 11.9. The van der Waals surface area contributed by atoms with Crippen LogP contribution in [0.15, 0.2) is 36.8 Å². The first-order valence-corrected chi connectivity index (χ1v) is 10.3. The van der Waals surface area contributed by atoms with E-state index in [2.05, 4.69) is 26.5 Å². The monoisotopic (exact) mass is 433 g/mol. The number of benzene rings is 1. The van der Waals surface area contributed by atoms with Gasteiger partial charge in [0.1, 0.15) is 0 Å². The number of morpholine rings is 1. The maximum Gasteiger partial charge on any atom is 0.337 e. The summed E-state index contributed by atoms with van der Waals surface area (Å²) in [6.45, 7) is 4.88. The summed E-state index contributed by atoms with van der Waals surface area (Å²) in [6.07, 6.45) is 5.63. The summed E-state index contributed by atoms with van der Waals surface area (Å²) in [6, 6.07) is 7.31. The largest absolute Gasteiger partial charge is 0.478 e. The quantitative estimate of drug-likeness (QED) is 0.578. The molecule has 0 atom stereocenters. The van der Waals surface area contributed by atoms with Crippen LogP contribution in [0, 0.1) is 18.3 Å². The van der Waals surface area contributed by atoms with Crippen LogP contribution in [0.4, 0.5) is 17.3 Å². The van der Waals surface area contributed by atoms with Gasteiger partial charge in [-0.2, -0.15) is 10.4 Å². The summed E-state index contributed by atoms with van der Waals surface area (Å²) >= 11 is 0.